The van der Waals surface area contributed by atoms with E-state index in [1.807, 2.05) is 5.57 Å². The lowest BCUT2D eigenvalue weighted by Gasteiger charge is -2.54. The van der Waals surface area contributed by atoms with Gasteiger partial charge in [0.15, 0.2) is 0 Å². The van der Waals surface area contributed by atoms with Crippen LogP contribution in [-0.2, 0) is 0 Å². The molecule has 3 saturated heterocycles. The predicted octanol–water partition coefficient (Wildman–Crippen LogP) is 3.29. The molecule has 2 heteroatoms. The molecular weight excluding hydrogens is 244 g/mol. The van der Waals surface area contributed by atoms with Crippen LogP contribution in [0, 0.1) is 11.8 Å². The number of nitrogens with zero attached hydrogens (tertiary/aromatic N) is 2. The van der Waals surface area contributed by atoms with E-state index in [2.05, 4.69) is 22.8 Å². The smallest absolute Gasteiger partial charge is 0.0348 e. The van der Waals surface area contributed by atoms with E-state index in [0.717, 1.165) is 23.9 Å². The molecule has 0 unspecified atom stereocenters. The molecule has 1 aliphatic carbocycles. The molecule has 0 radical (unpaired) electrons. The van der Waals surface area contributed by atoms with Crippen LogP contribution in [0.4, 0.5) is 0 Å². The third-order valence-corrected chi connectivity index (χ3v) is 6.27. The summed E-state index contributed by atoms with van der Waals surface area (Å²) in [5.74, 6) is 1.82. The molecule has 0 aromatic carbocycles. The molecule has 0 saturated carbocycles. The van der Waals surface area contributed by atoms with Gasteiger partial charge in [-0.1, -0.05) is 25.0 Å². The molecule has 2 bridgehead atoms. The van der Waals surface area contributed by atoms with Gasteiger partial charge in [-0.05, 0) is 70.0 Å². The highest BCUT2D eigenvalue weighted by Crippen LogP contribution is 2.44. The van der Waals surface area contributed by atoms with Crippen molar-refractivity contribution in [3.8, 4) is 0 Å². The van der Waals surface area contributed by atoms with Crippen molar-refractivity contribution in [1.82, 2.24) is 9.80 Å². The van der Waals surface area contributed by atoms with Gasteiger partial charge in [-0.2, -0.15) is 0 Å². The van der Waals surface area contributed by atoms with Crippen LogP contribution in [0.25, 0.3) is 0 Å². The fourth-order valence-corrected chi connectivity index (χ4v) is 5.62. The normalized spacial score (nSPS) is 41.8. The Morgan fingerprint density at radius 2 is 2.15 bits per heavy atom. The first kappa shape index (κ1) is 13.3. The topological polar surface area (TPSA) is 6.48 Å². The second kappa shape index (κ2) is 5.46. The van der Waals surface area contributed by atoms with Crippen molar-refractivity contribution in [3.05, 3.63) is 11.6 Å². The third kappa shape index (κ3) is 2.16. The maximum absolute atomic E-state index is 2.86. The summed E-state index contributed by atoms with van der Waals surface area (Å²) >= 11 is 0. The van der Waals surface area contributed by atoms with E-state index in [-0.39, 0.29) is 0 Å². The van der Waals surface area contributed by atoms with Crippen molar-refractivity contribution in [2.75, 3.05) is 26.2 Å². The second-order valence-electron chi connectivity index (χ2n) is 7.54. The number of fused-ring (bicyclic) bond motifs is 6. The van der Waals surface area contributed by atoms with E-state index < -0.39 is 0 Å². The van der Waals surface area contributed by atoms with E-state index >= 15 is 0 Å². The van der Waals surface area contributed by atoms with Crippen LogP contribution in [-0.4, -0.2) is 48.1 Å². The Kier molecular flexibility index (Phi) is 3.64. The van der Waals surface area contributed by atoms with Crippen molar-refractivity contribution in [3.63, 3.8) is 0 Å². The summed E-state index contributed by atoms with van der Waals surface area (Å²) in [6.07, 6.45) is 12.7. The summed E-state index contributed by atoms with van der Waals surface area (Å²) in [4.78, 5) is 5.68. The molecule has 0 aromatic heterocycles. The minimum absolute atomic E-state index is 0.808. The van der Waals surface area contributed by atoms with Crippen molar-refractivity contribution in [1.29, 1.82) is 0 Å². The Bertz CT molecular complexity index is 387. The van der Waals surface area contributed by atoms with E-state index in [4.69, 9.17) is 0 Å². The first-order chi connectivity index (χ1) is 9.86. The molecule has 0 aromatic rings. The zero-order valence-corrected chi connectivity index (χ0v) is 13.1. The van der Waals surface area contributed by atoms with E-state index in [9.17, 15) is 0 Å². The molecule has 0 amide bonds. The molecule has 3 aliphatic heterocycles. The lowest BCUT2D eigenvalue weighted by atomic mass is 9.68. The van der Waals surface area contributed by atoms with Crippen molar-refractivity contribution >= 4 is 0 Å². The Hall–Kier alpha value is -0.340. The second-order valence-corrected chi connectivity index (χ2v) is 7.54. The standard InChI is InChI=1S/C18H30N2/c1-2-8-19-10-5-6-14-11-15-12-16(18(14)19)13-20-9-4-3-7-17(15)20/h11,15-18H,2-10,12-13H2,1H3/t15-,16+,17+,18+/m0/s1. The molecule has 3 heterocycles. The van der Waals surface area contributed by atoms with Crippen molar-refractivity contribution in [2.45, 2.75) is 64.0 Å². The molecule has 4 atom stereocenters. The fraction of sp³-hybridized carbons (Fsp3) is 0.889. The summed E-state index contributed by atoms with van der Waals surface area (Å²) in [6, 6.07) is 1.71. The minimum atomic E-state index is 0.808. The van der Waals surface area contributed by atoms with Gasteiger partial charge in [0.1, 0.15) is 0 Å². The van der Waals surface area contributed by atoms with Crippen molar-refractivity contribution in [2.24, 2.45) is 11.8 Å². The van der Waals surface area contributed by atoms with E-state index in [1.54, 1.807) is 0 Å². The number of hydrogen-bond acceptors (Lipinski definition) is 2. The van der Waals surface area contributed by atoms with Crippen molar-refractivity contribution < 1.29 is 0 Å². The molecule has 0 spiro atoms. The van der Waals surface area contributed by atoms with Gasteiger partial charge in [-0.3, -0.25) is 9.80 Å². The van der Waals surface area contributed by atoms with Crippen LogP contribution in [0.5, 0.6) is 0 Å². The van der Waals surface area contributed by atoms with Crippen LogP contribution in [0.15, 0.2) is 11.6 Å². The summed E-state index contributed by atoms with van der Waals surface area (Å²) < 4.78 is 0. The predicted molar refractivity (Wildman–Crippen MR) is 83.8 cm³/mol. The van der Waals surface area contributed by atoms with Gasteiger partial charge in [0, 0.05) is 18.6 Å². The highest BCUT2D eigenvalue weighted by Gasteiger charge is 2.45. The minimum Gasteiger partial charge on any atom is -0.299 e. The molecule has 0 N–H and O–H groups in total. The van der Waals surface area contributed by atoms with Crippen LogP contribution < -0.4 is 0 Å². The van der Waals surface area contributed by atoms with Crippen LogP contribution in [0.3, 0.4) is 0 Å². The number of piperidine rings is 3. The van der Waals surface area contributed by atoms with Gasteiger partial charge in [0.25, 0.3) is 0 Å². The molecule has 4 rings (SSSR count). The summed E-state index contributed by atoms with van der Waals surface area (Å²) in [6.45, 7) is 7.77. The Morgan fingerprint density at radius 3 is 3.05 bits per heavy atom. The molecule has 112 valence electrons. The maximum atomic E-state index is 2.86. The Balaban J connectivity index is 1.61. The first-order valence-corrected chi connectivity index (χ1v) is 9.05. The Morgan fingerprint density at radius 1 is 1.20 bits per heavy atom. The summed E-state index contributed by atoms with van der Waals surface area (Å²) in [5, 5.41) is 0. The van der Waals surface area contributed by atoms with Gasteiger partial charge >= 0.3 is 0 Å². The average Bonchev–Trinajstić information content (AvgIpc) is 2.48. The van der Waals surface area contributed by atoms with E-state index in [1.165, 1.54) is 71.1 Å². The number of rotatable bonds is 2. The fourth-order valence-electron chi connectivity index (χ4n) is 5.62. The van der Waals surface area contributed by atoms with Gasteiger partial charge in [0.05, 0.1) is 0 Å². The highest BCUT2D eigenvalue weighted by atomic mass is 15.2. The molecule has 4 aliphatic rings. The monoisotopic (exact) mass is 274 g/mol. The van der Waals surface area contributed by atoms with Crippen LogP contribution in [0.1, 0.15) is 51.9 Å². The molecule has 3 fully saturated rings. The third-order valence-electron chi connectivity index (χ3n) is 6.27. The SMILES string of the molecule is CCCN1CCCC2=C[C@H]3C[C@H](CN4CCCC[C@H]34)[C@@H]21. The van der Waals surface area contributed by atoms with Crippen LogP contribution >= 0.6 is 0 Å². The quantitative estimate of drug-likeness (QED) is 0.713. The molecule has 20 heavy (non-hydrogen) atoms. The number of likely N-dealkylation sites (tertiary alicyclic amines) is 1. The summed E-state index contributed by atoms with van der Waals surface area (Å²) in [7, 11) is 0. The van der Waals surface area contributed by atoms with Gasteiger partial charge in [-0.25, -0.2) is 0 Å². The van der Waals surface area contributed by atoms with Gasteiger partial charge in [-0.15, -0.1) is 0 Å². The average molecular weight is 274 g/mol. The molecular formula is C18H30N2. The van der Waals surface area contributed by atoms with Crippen LogP contribution in [0.2, 0.25) is 0 Å². The maximum Gasteiger partial charge on any atom is 0.0348 e. The Labute approximate surface area is 124 Å². The van der Waals surface area contributed by atoms with E-state index in [0.29, 0.717) is 0 Å². The van der Waals surface area contributed by atoms with Gasteiger partial charge < -0.3 is 0 Å². The zero-order chi connectivity index (χ0) is 13.5. The largest absolute Gasteiger partial charge is 0.299 e. The lowest BCUT2D eigenvalue weighted by Crippen LogP contribution is -2.59. The zero-order valence-electron chi connectivity index (χ0n) is 13.1. The molecule has 2 nitrogen and oxygen atoms in total. The van der Waals surface area contributed by atoms with Gasteiger partial charge in [0.2, 0.25) is 0 Å². The lowest BCUT2D eigenvalue weighted by molar-refractivity contribution is -0.000585. The first-order valence-electron chi connectivity index (χ1n) is 9.05. The summed E-state index contributed by atoms with van der Waals surface area (Å²) in [5.41, 5.74) is 1.83. The highest BCUT2D eigenvalue weighted by molar-refractivity contribution is 5.24. The number of hydrogen-bond donors (Lipinski definition) is 0.